The summed E-state index contributed by atoms with van der Waals surface area (Å²) in [6, 6.07) is 0.315. The van der Waals surface area contributed by atoms with Crippen molar-refractivity contribution in [2.75, 3.05) is 6.54 Å². The van der Waals surface area contributed by atoms with E-state index in [2.05, 4.69) is 10.1 Å². The van der Waals surface area contributed by atoms with Crippen LogP contribution in [0.1, 0.15) is 30.1 Å². The Kier molecular flexibility index (Phi) is 5.40. The van der Waals surface area contributed by atoms with Gasteiger partial charge < -0.3 is 10.6 Å². The highest BCUT2D eigenvalue weighted by Crippen LogP contribution is 2.19. The molecule has 2 N–H and O–H groups in total. The minimum absolute atomic E-state index is 0.00477. The van der Waals surface area contributed by atoms with Gasteiger partial charge in [0.2, 0.25) is 11.7 Å². The zero-order chi connectivity index (χ0) is 19.7. The Morgan fingerprint density at radius 2 is 1.85 bits per heavy atom. The lowest BCUT2D eigenvalue weighted by Gasteiger charge is -2.27. The molecule has 1 atom stereocenters. The topological polar surface area (TPSA) is 77.0 Å². The number of hydrogen-bond donors (Lipinski definition) is 1. The molecule has 1 aromatic carbocycles. The summed E-state index contributed by atoms with van der Waals surface area (Å²) in [4.78, 5) is 17.5. The molecule has 1 amide bonds. The van der Waals surface area contributed by atoms with Crippen LogP contribution in [0.4, 0.5) is 22.0 Å². The Hall–Kier alpha value is -2.56. The summed E-state index contributed by atoms with van der Waals surface area (Å²) in [6.45, 7) is 0.461. The molecule has 11 heteroatoms. The van der Waals surface area contributed by atoms with Gasteiger partial charge in [-0.15, -0.1) is 5.10 Å². The number of carbonyl (C=O) groups excluding carboxylic acids is 1. The normalized spacial score (nSPS) is 15.1. The van der Waals surface area contributed by atoms with E-state index >= 15 is 0 Å². The van der Waals surface area contributed by atoms with Crippen molar-refractivity contribution < 1.29 is 26.7 Å². The Balaban J connectivity index is 1.61. The Labute approximate surface area is 150 Å². The van der Waals surface area contributed by atoms with Gasteiger partial charge in [0, 0.05) is 25.1 Å². The summed E-state index contributed by atoms with van der Waals surface area (Å²) < 4.78 is 66.5. The van der Waals surface area contributed by atoms with E-state index in [-0.39, 0.29) is 49.8 Å². The lowest BCUT2D eigenvalue weighted by atomic mass is 10.0. The lowest BCUT2D eigenvalue weighted by molar-refractivity contribution is -0.133. The average Bonchev–Trinajstić information content (AvgIpc) is 3.03. The second-order valence-corrected chi connectivity index (χ2v) is 6.25. The van der Waals surface area contributed by atoms with Crippen molar-refractivity contribution in [2.45, 2.75) is 38.4 Å². The molecule has 1 aromatic heterocycles. The molecule has 3 rings (SSSR count). The van der Waals surface area contributed by atoms with Gasteiger partial charge in [-0.25, -0.2) is 31.6 Å². The van der Waals surface area contributed by atoms with Crippen molar-refractivity contribution in [2.24, 2.45) is 5.73 Å². The van der Waals surface area contributed by atoms with Crippen LogP contribution in [0.15, 0.2) is 12.1 Å². The van der Waals surface area contributed by atoms with Crippen molar-refractivity contribution in [1.29, 1.82) is 0 Å². The van der Waals surface area contributed by atoms with Crippen LogP contribution < -0.4 is 5.73 Å². The fraction of sp³-hybridized carbons (Fsp3) is 0.438. The molecule has 2 aromatic rings. The van der Waals surface area contributed by atoms with Crippen LogP contribution in [0.2, 0.25) is 0 Å². The van der Waals surface area contributed by atoms with Gasteiger partial charge in [0.15, 0.2) is 11.6 Å². The SMILES string of the molecule is NC(CC(=O)N1CCn2nc(C(F)F)nc2C1)Cc1cc(F)c(F)cc1F. The van der Waals surface area contributed by atoms with E-state index in [1.165, 1.54) is 9.58 Å². The minimum Gasteiger partial charge on any atom is -0.333 e. The Morgan fingerprint density at radius 1 is 1.15 bits per heavy atom. The Bertz CT molecular complexity index is 856. The second kappa shape index (κ2) is 7.59. The highest BCUT2D eigenvalue weighted by molar-refractivity contribution is 5.76. The van der Waals surface area contributed by atoms with Crippen molar-refractivity contribution in [3.05, 3.63) is 46.8 Å². The first-order valence-corrected chi connectivity index (χ1v) is 8.13. The second-order valence-electron chi connectivity index (χ2n) is 6.25. The molecule has 0 bridgehead atoms. The number of alkyl halides is 2. The van der Waals surface area contributed by atoms with Gasteiger partial charge in [0.05, 0.1) is 13.1 Å². The molecule has 1 unspecified atom stereocenters. The maximum absolute atomic E-state index is 13.7. The summed E-state index contributed by atoms with van der Waals surface area (Å²) in [5.74, 6) is -4.17. The van der Waals surface area contributed by atoms with Crippen LogP contribution in [0, 0.1) is 17.5 Å². The number of hydrogen-bond acceptors (Lipinski definition) is 4. The van der Waals surface area contributed by atoms with E-state index < -0.39 is 35.7 Å². The van der Waals surface area contributed by atoms with Crippen molar-refractivity contribution in [1.82, 2.24) is 19.7 Å². The molecule has 0 saturated heterocycles. The molecule has 6 nitrogen and oxygen atoms in total. The predicted molar refractivity (Wildman–Crippen MR) is 83.0 cm³/mol. The monoisotopic (exact) mass is 389 g/mol. The smallest absolute Gasteiger partial charge is 0.299 e. The lowest BCUT2D eigenvalue weighted by Crippen LogP contribution is -2.41. The van der Waals surface area contributed by atoms with Gasteiger partial charge in [0.1, 0.15) is 11.6 Å². The van der Waals surface area contributed by atoms with E-state index in [4.69, 9.17) is 5.73 Å². The summed E-state index contributed by atoms with van der Waals surface area (Å²) in [6.07, 6.45) is -3.13. The van der Waals surface area contributed by atoms with Crippen LogP contribution in [-0.4, -0.2) is 38.2 Å². The van der Waals surface area contributed by atoms with E-state index in [1.54, 1.807) is 0 Å². The van der Waals surface area contributed by atoms with Crippen LogP contribution in [0.3, 0.4) is 0 Å². The van der Waals surface area contributed by atoms with Gasteiger partial charge in [-0.3, -0.25) is 4.79 Å². The molecule has 1 aliphatic heterocycles. The minimum atomic E-state index is -2.80. The zero-order valence-corrected chi connectivity index (χ0v) is 14.0. The molecule has 0 spiro atoms. The predicted octanol–water partition coefficient (Wildman–Crippen LogP) is 1.94. The van der Waals surface area contributed by atoms with Gasteiger partial charge >= 0.3 is 0 Å². The fourth-order valence-corrected chi connectivity index (χ4v) is 2.89. The third kappa shape index (κ3) is 4.24. The van der Waals surface area contributed by atoms with Crippen LogP contribution in [0.5, 0.6) is 0 Å². The largest absolute Gasteiger partial charge is 0.333 e. The first-order valence-electron chi connectivity index (χ1n) is 8.13. The number of benzene rings is 1. The van der Waals surface area contributed by atoms with Crippen molar-refractivity contribution in [3.63, 3.8) is 0 Å². The number of rotatable bonds is 5. The quantitative estimate of drug-likeness (QED) is 0.626. The number of amides is 1. The third-order valence-corrected chi connectivity index (χ3v) is 4.23. The number of aromatic nitrogens is 3. The molecule has 146 valence electrons. The fourth-order valence-electron chi connectivity index (χ4n) is 2.89. The first kappa shape index (κ1) is 19.2. The van der Waals surface area contributed by atoms with E-state index in [1.807, 2.05) is 0 Å². The molecular formula is C16H16F5N5O. The van der Waals surface area contributed by atoms with Crippen LogP contribution >= 0.6 is 0 Å². The number of halogens is 5. The molecule has 0 fully saturated rings. The first-order chi connectivity index (χ1) is 12.7. The summed E-state index contributed by atoms with van der Waals surface area (Å²) in [7, 11) is 0. The van der Waals surface area contributed by atoms with Crippen molar-refractivity contribution in [3.8, 4) is 0 Å². The number of nitrogens with two attached hydrogens (primary N) is 1. The zero-order valence-electron chi connectivity index (χ0n) is 14.0. The van der Waals surface area contributed by atoms with Crippen molar-refractivity contribution >= 4 is 5.91 Å². The van der Waals surface area contributed by atoms with Gasteiger partial charge in [0.25, 0.3) is 6.43 Å². The maximum Gasteiger partial charge on any atom is 0.299 e. The molecule has 0 saturated carbocycles. The van der Waals surface area contributed by atoms with Gasteiger partial charge in [-0.05, 0) is 18.1 Å². The van der Waals surface area contributed by atoms with Crippen LogP contribution in [0.25, 0.3) is 0 Å². The highest BCUT2D eigenvalue weighted by atomic mass is 19.3. The number of fused-ring (bicyclic) bond motifs is 1. The molecule has 27 heavy (non-hydrogen) atoms. The Morgan fingerprint density at radius 3 is 2.56 bits per heavy atom. The summed E-state index contributed by atoms with van der Waals surface area (Å²) in [5.41, 5.74) is 5.72. The highest BCUT2D eigenvalue weighted by Gasteiger charge is 2.27. The molecular weight excluding hydrogens is 373 g/mol. The molecule has 0 radical (unpaired) electrons. The van der Waals surface area contributed by atoms with Gasteiger partial charge in [-0.2, -0.15) is 0 Å². The molecule has 2 heterocycles. The van der Waals surface area contributed by atoms with E-state index in [0.29, 0.717) is 12.1 Å². The number of carbonyl (C=O) groups is 1. The molecule has 0 aliphatic carbocycles. The summed E-state index contributed by atoms with van der Waals surface area (Å²) in [5, 5.41) is 3.67. The van der Waals surface area contributed by atoms with E-state index in [0.717, 1.165) is 0 Å². The summed E-state index contributed by atoms with van der Waals surface area (Å²) >= 11 is 0. The number of nitrogens with zero attached hydrogens (tertiary/aromatic N) is 4. The average molecular weight is 389 g/mol. The van der Waals surface area contributed by atoms with E-state index in [9.17, 15) is 26.7 Å². The van der Waals surface area contributed by atoms with Crippen LogP contribution in [-0.2, 0) is 24.3 Å². The molecule has 1 aliphatic rings. The van der Waals surface area contributed by atoms with Gasteiger partial charge in [-0.1, -0.05) is 0 Å². The third-order valence-electron chi connectivity index (χ3n) is 4.23. The maximum atomic E-state index is 13.7. The standard InChI is InChI=1S/C16H16F5N5O/c17-10-6-12(19)11(18)4-8(10)3-9(22)5-14(27)25-1-2-26-13(7-25)23-16(24-26)15(20)21/h4,6,9,15H,1-3,5,7,22H2.